The molecule has 7 heteroatoms. The number of rotatable bonds is 3. The summed E-state index contributed by atoms with van der Waals surface area (Å²) in [6.45, 7) is 1.64. The molecule has 0 aliphatic heterocycles. The zero-order valence-corrected chi connectivity index (χ0v) is 13.0. The van der Waals surface area contributed by atoms with E-state index in [1.54, 1.807) is 39.2 Å². The highest BCUT2D eigenvalue weighted by molar-refractivity contribution is 6.32. The van der Waals surface area contributed by atoms with Crippen LogP contribution in [0.2, 0.25) is 5.02 Å². The van der Waals surface area contributed by atoms with Gasteiger partial charge >= 0.3 is 0 Å². The molecule has 112 valence electrons. The van der Waals surface area contributed by atoms with E-state index in [0.29, 0.717) is 22.0 Å². The molecule has 1 aromatic carbocycles. The van der Waals surface area contributed by atoms with Gasteiger partial charge < -0.3 is 14.7 Å². The summed E-state index contributed by atoms with van der Waals surface area (Å²) in [5.41, 5.74) is 1.17. The van der Waals surface area contributed by atoms with Crippen LogP contribution in [0.15, 0.2) is 18.2 Å². The first-order valence-electron chi connectivity index (χ1n) is 6.21. The van der Waals surface area contributed by atoms with Crippen molar-refractivity contribution < 1.29 is 14.6 Å². The molecule has 2 rings (SSSR count). The van der Waals surface area contributed by atoms with E-state index in [1.165, 1.54) is 16.7 Å². The van der Waals surface area contributed by atoms with Crippen LogP contribution in [0.4, 0.5) is 0 Å². The van der Waals surface area contributed by atoms with E-state index in [2.05, 4.69) is 5.10 Å². The van der Waals surface area contributed by atoms with E-state index < -0.39 is 0 Å². The molecule has 0 spiro atoms. The predicted octanol–water partition coefficient (Wildman–Crippen LogP) is 2.25. The van der Waals surface area contributed by atoms with Crippen LogP contribution in [0.1, 0.15) is 16.1 Å². The van der Waals surface area contributed by atoms with Crippen molar-refractivity contribution in [2.24, 2.45) is 0 Å². The van der Waals surface area contributed by atoms with Crippen molar-refractivity contribution in [2.45, 2.75) is 6.92 Å². The minimum Gasteiger partial charge on any atom is -0.495 e. The molecule has 21 heavy (non-hydrogen) atoms. The van der Waals surface area contributed by atoms with Crippen molar-refractivity contribution >= 4 is 17.5 Å². The van der Waals surface area contributed by atoms with E-state index >= 15 is 0 Å². The highest BCUT2D eigenvalue weighted by atomic mass is 35.5. The van der Waals surface area contributed by atoms with E-state index in [9.17, 15) is 9.90 Å². The van der Waals surface area contributed by atoms with Gasteiger partial charge in [0, 0.05) is 25.7 Å². The number of amides is 1. The average Bonchev–Trinajstić information content (AvgIpc) is 2.75. The van der Waals surface area contributed by atoms with Gasteiger partial charge in [0.25, 0.3) is 5.91 Å². The molecule has 1 amide bonds. The Labute approximate surface area is 127 Å². The Morgan fingerprint density at radius 1 is 1.43 bits per heavy atom. The van der Waals surface area contributed by atoms with E-state index in [0.717, 1.165) is 0 Å². The molecule has 0 atom stereocenters. The van der Waals surface area contributed by atoms with Crippen molar-refractivity contribution in [3.63, 3.8) is 0 Å². The lowest BCUT2D eigenvalue weighted by molar-refractivity contribution is 0.0820. The number of carbonyl (C=O) groups excluding carboxylic acids is 1. The second kappa shape index (κ2) is 5.65. The van der Waals surface area contributed by atoms with Crippen LogP contribution in [0.25, 0.3) is 5.69 Å². The number of benzene rings is 1. The fraction of sp³-hybridized carbons (Fsp3) is 0.286. The third-order valence-electron chi connectivity index (χ3n) is 3.08. The van der Waals surface area contributed by atoms with Crippen LogP contribution in [0, 0.1) is 6.92 Å². The number of aromatic nitrogens is 2. The Hall–Kier alpha value is -2.21. The Bertz CT molecular complexity index is 695. The third-order valence-corrected chi connectivity index (χ3v) is 3.39. The number of hydrogen-bond donors (Lipinski definition) is 1. The maximum atomic E-state index is 12.0. The molecular formula is C14H16ClN3O3. The highest BCUT2D eigenvalue weighted by Gasteiger charge is 2.22. The SMILES string of the molecule is COc1cc(-n2nc(C(=O)N(C)C)c(C)c2O)ccc1Cl. The number of ether oxygens (including phenoxy) is 1. The largest absolute Gasteiger partial charge is 0.495 e. The molecule has 1 aromatic heterocycles. The standard InChI is InChI=1S/C14H16ClN3O3/c1-8-12(14(20)17(2)3)16-18(13(8)19)9-5-6-10(15)11(7-9)21-4/h5-7,19H,1-4H3. The number of hydrogen-bond acceptors (Lipinski definition) is 4. The Balaban J connectivity index is 2.55. The number of methoxy groups -OCH3 is 1. The first kappa shape index (κ1) is 15.2. The Morgan fingerprint density at radius 3 is 2.67 bits per heavy atom. The minimum absolute atomic E-state index is 0.0930. The molecule has 0 unspecified atom stereocenters. The molecule has 1 heterocycles. The van der Waals surface area contributed by atoms with Gasteiger partial charge in [-0.15, -0.1) is 0 Å². The molecule has 0 fully saturated rings. The zero-order valence-electron chi connectivity index (χ0n) is 12.2. The second-order valence-corrected chi connectivity index (χ2v) is 5.13. The smallest absolute Gasteiger partial charge is 0.274 e. The highest BCUT2D eigenvalue weighted by Crippen LogP contribution is 2.30. The van der Waals surface area contributed by atoms with Crippen molar-refractivity contribution in [1.29, 1.82) is 0 Å². The van der Waals surface area contributed by atoms with Gasteiger partial charge in [0.1, 0.15) is 5.75 Å². The van der Waals surface area contributed by atoms with Gasteiger partial charge in [-0.1, -0.05) is 11.6 Å². The van der Waals surface area contributed by atoms with Crippen LogP contribution in [-0.4, -0.2) is 46.9 Å². The number of nitrogens with zero attached hydrogens (tertiary/aromatic N) is 3. The summed E-state index contributed by atoms with van der Waals surface area (Å²) in [6.07, 6.45) is 0. The molecule has 0 bridgehead atoms. The summed E-state index contributed by atoms with van der Waals surface area (Å²) in [5, 5.41) is 14.8. The summed E-state index contributed by atoms with van der Waals surface area (Å²) in [4.78, 5) is 13.4. The summed E-state index contributed by atoms with van der Waals surface area (Å²) >= 11 is 5.97. The lowest BCUT2D eigenvalue weighted by Gasteiger charge is -2.08. The monoisotopic (exact) mass is 309 g/mol. The van der Waals surface area contributed by atoms with Crippen LogP contribution in [0.3, 0.4) is 0 Å². The van der Waals surface area contributed by atoms with Crippen molar-refractivity contribution in [3.05, 3.63) is 34.5 Å². The average molecular weight is 310 g/mol. The predicted molar refractivity (Wildman–Crippen MR) is 79.5 cm³/mol. The van der Waals surface area contributed by atoms with Crippen LogP contribution >= 0.6 is 11.6 Å². The van der Waals surface area contributed by atoms with Gasteiger partial charge in [-0.05, 0) is 19.1 Å². The molecule has 0 radical (unpaired) electrons. The molecule has 1 N–H and O–H groups in total. The van der Waals surface area contributed by atoms with E-state index in [-0.39, 0.29) is 17.5 Å². The molecule has 0 saturated carbocycles. The Kier molecular flexibility index (Phi) is 4.09. The zero-order chi connectivity index (χ0) is 15.7. The van der Waals surface area contributed by atoms with Crippen LogP contribution in [0.5, 0.6) is 11.6 Å². The third kappa shape index (κ3) is 2.67. The number of aromatic hydroxyl groups is 1. The van der Waals surface area contributed by atoms with Gasteiger partial charge in [-0.2, -0.15) is 5.10 Å². The van der Waals surface area contributed by atoms with E-state index in [4.69, 9.17) is 16.3 Å². The normalized spacial score (nSPS) is 10.5. The lowest BCUT2D eigenvalue weighted by atomic mass is 10.2. The molecule has 6 nitrogen and oxygen atoms in total. The van der Waals surface area contributed by atoms with Crippen molar-refractivity contribution in [3.8, 4) is 17.3 Å². The first-order valence-corrected chi connectivity index (χ1v) is 6.58. The maximum Gasteiger partial charge on any atom is 0.274 e. The summed E-state index contributed by atoms with van der Waals surface area (Å²) in [5.74, 6) is 0.0919. The summed E-state index contributed by atoms with van der Waals surface area (Å²) < 4.78 is 6.42. The van der Waals surface area contributed by atoms with Crippen molar-refractivity contribution in [1.82, 2.24) is 14.7 Å². The van der Waals surface area contributed by atoms with E-state index in [1.807, 2.05) is 0 Å². The fourth-order valence-corrected chi connectivity index (χ4v) is 2.06. The lowest BCUT2D eigenvalue weighted by Crippen LogP contribution is -2.23. The quantitative estimate of drug-likeness (QED) is 0.944. The molecular weight excluding hydrogens is 294 g/mol. The number of carbonyl (C=O) groups is 1. The van der Waals surface area contributed by atoms with Crippen LogP contribution < -0.4 is 4.74 Å². The topological polar surface area (TPSA) is 67.6 Å². The van der Waals surface area contributed by atoms with Gasteiger partial charge in [-0.25, -0.2) is 4.68 Å². The molecule has 0 saturated heterocycles. The molecule has 2 aromatic rings. The van der Waals surface area contributed by atoms with Gasteiger partial charge in [-0.3, -0.25) is 4.79 Å². The van der Waals surface area contributed by atoms with Gasteiger partial charge in [0.05, 0.1) is 17.8 Å². The van der Waals surface area contributed by atoms with Gasteiger partial charge in [0.15, 0.2) is 5.69 Å². The fourth-order valence-electron chi connectivity index (χ4n) is 1.86. The van der Waals surface area contributed by atoms with Crippen LogP contribution in [-0.2, 0) is 0 Å². The molecule has 0 aliphatic carbocycles. The van der Waals surface area contributed by atoms with Crippen molar-refractivity contribution in [2.75, 3.05) is 21.2 Å². The summed E-state index contributed by atoms with van der Waals surface area (Å²) in [7, 11) is 4.76. The minimum atomic E-state index is -0.275. The first-order chi connectivity index (χ1) is 9.86. The second-order valence-electron chi connectivity index (χ2n) is 4.73. The van der Waals surface area contributed by atoms with Gasteiger partial charge in [0.2, 0.25) is 5.88 Å². The maximum absolute atomic E-state index is 12.0. The molecule has 0 aliphatic rings. The number of halogens is 1. The summed E-state index contributed by atoms with van der Waals surface area (Å²) in [6, 6.07) is 4.96. The Morgan fingerprint density at radius 2 is 2.10 bits per heavy atom.